The molecule has 0 aliphatic heterocycles. The van der Waals surface area contributed by atoms with Crippen LogP contribution in [0, 0.1) is 5.92 Å². The van der Waals surface area contributed by atoms with Crippen LogP contribution in [-0.2, 0) is 17.4 Å². The molecular weight excluding hydrogens is 317 g/mol. The molecule has 1 unspecified atom stereocenters. The summed E-state index contributed by atoms with van der Waals surface area (Å²) in [5.74, 6) is -2.38. The number of phenolic OH excluding ortho intramolecular Hbond substituents is 1. The van der Waals surface area contributed by atoms with E-state index in [4.69, 9.17) is 5.11 Å². The number of hydrogen-bond donors (Lipinski definition) is 2. The molecule has 0 aromatic heterocycles. The number of phenols is 1. The average Bonchev–Trinajstić information content (AvgIpc) is 2.22. The fraction of sp³-hybridized carbons (Fsp3) is 0.364. The van der Waals surface area contributed by atoms with Crippen LogP contribution in [-0.4, -0.2) is 16.2 Å². The van der Waals surface area contributed by atoms with Gasteiger partial charge in [-0.15, -0.1) is 0 Å². The maximum absolute atomic E-state index is 12.6. The van der Waals surface area contributed by atoms with Crippen molar-refractivity contribution in [2.75, 3.05) is 0 Å². The first-order chi connectivity index (χ1) is 8.12. The van der Waals surface area contributed by atoms with Crippen LogP contribution < -0.4 is 0 Å². The van der Waals surface area contributed by atoms with E-state index in [0.717, 1.165) is 12.1 Å². The van der Waals surface area contributed by atoms with Crippen molar-refractivity contribution in [1.29, 1.82) is 0 Å². The third-order valence-corrected chi connectivity index (χ3v) is 3.02. The Bertz CT molecular complexity index is 471. The molecule has 1 rings (SSSR count). The van der Waals surface area contributed by atoms with Crippen molar-refractivity contribution in [2.45, 2.75) is 19.5 Å². The standard InChI is InChI=1S/C11H10BrF3O3/c1-5(10(17)18)2-6-3-7(11(13,14)15)4-8(12)9(6)16/h3-5,16H,2H2,1H3,(H,17,18). The minimum absolute atomic E-state index is 0.0494. The Balaban J connectivity index is 3.19. The third-order valence-electron chi connectivity index (χ3n) is 2.42. The normalized spacial score (nSPS) is 13.4. The van der Waals surface area contributed by atoms with Crippen molar-refractivity contribution in [3.8, 4) is 5.75 Å². The van der Waals surface area contributed by atoms with Gasteiger partial charge in [-0.05, 0) is 40.0 Å². The maximum atomic E-state index is 12.6. The van der Waals surface area contributed by atoms with Gasteiger partial charge >= 0.3 is 12.1 Å². The number of rotatable bonds is 3. The summed E-state index contributed by atoms with van der Waals surface area (Å²) in [5.41, 5.74) is -0.980. The van der Waals surface area contributed by atoms with Gasteiger partial charge in [0.15, 0.2) is 0 Å². The lowest BCUT2D eigenvalue weighted by Crippen LogP contribution is -2.13. The molecule has 0 aliphatic rings. The van der Waals surface area contributed by atoms with E-state index in [0.29, 0.717) is 0 Å². The summed E-state index contributed by atoms with van der Waals surface area (Å²) in [6.07, 6.45) is -4.72. The van der Waals surface area contributed by atoms with Gasteiger partial charge in [-0.3, -0.25) is 4.79 Å². The van der Waals surface area contributed by atoms with Crippen LogP contribution in [0.15, 0.2) is 16.6 Å². The Morgan fingerprint density at radius 1 is 1.44 bits per heavy atom. The summed E-state index contributed by atoms with van der Waals surface area (Å²) >= 11 is 2.82. The molecule has 100 valence electrons. The number of carboxylic acid groups (broad SMARTS) is 1. The number of carboxylic acids is 1. The van der Waals surface area contributed by atoms with Gasteiger partial charge in [0.05, 0.1) is 16.0 Å². The van der Waals surface area contributed by atoms with E-state index in [9.17, 15) is 23.1 Å². The monoisotopic (exact) mass is 326 g/mol. The smallest absolute Gasteiger partial charge is 0.416 e. The van der Waals surface area contributed by atoms with Crippen molar-refractivity contribution >= 4 is 21.9 Å². The number of carbonyl (C=O) groups is 1. The van der Waals surface area contributed by atoms with Gasteiger partial charge in [-0.2, -0.15) is 13.2 Å². The average molecular weight is 327 g/mol. The largest absolute Gasteiger partial charge is 0.506 e. The zero-order valence-electron chi connectivity index (χ0n) is 9.25. The molecule has 1 aromatic rings. The molecule has 0 saturated heterocycles. The summed E-state index contributed by atoms with van der Waals surface area (Å²) in [4.78, 5) is 10.7. The molecule has 0 saturated carbocycles. The van der Waals surface area contributed by atoms with Crippen LogP contribution in [0.25, 0.3) is 0 Å². The fourth-order valence-electron chi connectivity index (χ4n) is 1.39. The lowest BCUT2D eigenvalue weighted by molar-refractivity contribution is -0.141. The first-order valence-electron chi connectivity index (χ1n) is 4.94. The number of hydrogen-bond acceptors (Lipinski definition) is 2. The van der Waals surface area contributed by atoms with Crippen molar-refractivity contribution in [3.63, 3.8) is 0 Å². The first kappa shape index (κ1) is 14.8. The van der Waals surface area contributed by atoms with Crippen molar-refractivity contribution < 1.29 is 28.2 Å². The summed E-state index contributed by atoms with van der Waals surface area (Å²) in [6, 6.07) is 1.52. The highest BCUT2D eigenvalue weighted by atomic mass is 79.9. The third kappa shape index (κ3) is 3.38. The Morgan fingerprint density at radius 2 is 2.00 bits per heavy atom. The highest BCUT2D eigenvalue weighted by molar-refractivity contribution is 9.10. The Labute approximate surface area is 109 Å². The molecular formula is C11H10BrF3O3. The van der Waals surface area contributed by atoms with E-state index in [2.05, 4.69) is 15.9 Å². The second-order valence-electron chi connectivity index (χ2n) is 3.91. The highest BCUT2D eigenvalue weighted by Crippen LogP contribution is 2.37. The molecule has 0 amide bonds. The van der Waals surface area contributed by atoms with Crippen molar-refractivity contribution in [3.05, 3.63) is 27.7 Å². The van der Waals surface area contributed by atoms with E-state index < -0.39 is 23.6 Å². The van der Waals surface area contributed by atoms with Gasteiger partial charge in [-0.1, -0.05) is 6.92 Å². The predicted molar refractivity (Wildman–Crippen MR) is 61.3 cm³/mol. The number of aliphatic carboxylic acids is 1. The molecule has 0 bridgehead atoms. The maximum Gasteiger partial charge on any atom is 0.416 e. The minimum Gasteiger partial charge on any atom is -0.506 e. The number of alkyl halides is 3. The number of halogens is 4. The van der Waals surface area contributed by atoms with Gasteiger partial charge in [-0.25, -0.2) is 0 Å². The SMILES string of the molecule is CC(Cc1cc(C(F)(F)F)cc(Br)c1O)C(=O)O. The molecule has 0 heterocycles. The molecule has 1 atom stereocenters. The van der Waals surface area contributed by atoms with Gasteiger partial charge in [0.2, 0.25) is 0 Å². The summed E-state index contributed by atoms with van der Waals surface area (Å²) in [6.45, 7) is 1.36. The van der Waals surface area contributed by atoms with Crippen LogP contribution >= 0.6 is 15.9 Å². The van der Waals surface area contributed by atoms with Crippen LogP contribution in [0.3, 0.4) is 0 Å². The van der Waals surface area contributed by atoms with Crippen molar-refractivity contribution in [1.82, 2.24) is 0 Å². The van der Waals surface area contributed by atoms with E-state index in [1.165, 1.54) is 6.92 Å². The summed E-state index contributed by atoms with van der Waals surface area (Å²) < 4.78 is 37.6. The van der Waals surface area contributed by atoms with Crippen LogP contribution in [0.5, 0.6) is 5.75 Å². The molecule has 0 aliphatic carbocycles. The summed E-state index contributed by atoms with van der Waals surface area (Å²) in [5, 5.41) is 18.3. The van der Waals surface area contributed by atoms with Gasteiger partial charge in [0.25, 0.3) is 0 Å². The zero-order valence-corrected chi connectivity index (χ0v) is 10.8. The van der Waals surface area contributed by atoms with Crippen molar-refractivity contribution in [2.24, 2.45) is 5.92 Å². The molecule has 0 fully saturated rings. The quantitative estimate of drug-likeness (QED) is 0.894. The van der Waals surface area contributed by atoms with Gasteiger partial charge in [0.1, 0.15) is 5.75 Å². The van der Waals surface area contributed by atoms with E-state index in [-0.39, 0.29) is 22.2 Å². The number of aromatic hydroxyl groups is 1. The van der Waals surface area contributed by atoms with E-state index >= 15 is 0 Å². The molecule has 0 spiro atoms. The summed E-state index contributed by atoms with van der Waals surface area (Å²) in [7, 11) is 0. The van der Waals surface area contributed by atoms with Crippen LogP contribution in [0.4, 0.5) is 13.2 Å². The zero-order chi connectivity index (χ0) is 14.1. The van der Waals surface area contributed by atoms with Crippen LogP contribution in [0.1, 0.15) is 18.1 Å². The molecule has 18 heavy (non-hydrogen) atoms. The fourth-order valence-corrected chi connectivity index (χ4v) is 1.89. The van der Waals surface area contributed by atoms with E-state index in [1.54, 1.807) is 0 Å². The first-order valence-corrected chi connectivity index (χ1v) is 5.73. The number of benzene rings is 1. The van der Waals surface area contributed by atoms with Crippen LogP contribution in [0.2, 0.25) is 0 Å². The molecule has 1 aromatic carbocycles. The predicted octanol–water partition coefficient (Wildman–Crippen LogP) is 3.44. The molecule has 2 N–H and O–H groups in total. The topological polar surface area (TPSA) is 57.5 Å². The molecule has 7 heteroatoms. The minimum atomic E-state index is -4.54. The Hall–Kier alpha value is -1.24. The lowest BCUT2D eigenvalue weighted by Gasteiger charge is -2.13. The second-order valence-corrected chi connectivity index (χ2v) is 4.76. The highest BCUT2D eigenvalue weighted by Gasteiger charge is 2.32. The van der Waals surface area contributed by atoms with Gasteiger partial charge in [0, 0.05) is 0 Å². The second kappa shape index (κ2) is 5.17. The molecule has 3 nitrogen and oxygen atoms in total. The lowest BCUT2D eigenvalue weighted by atomic mass is 9.98. The van der Waals surface area contributed by atoms with Gasteiger partial charge < -0.3 is 10.2 Å². The van der Waals surface area contributed by atoms with E-state index in [1.807, 2.05) is 0 Å². The molecule has 0 radical (unpaired) electrons. The Kier molecular flexibility index (Phi) is 4.26. The Morgan fingerprint density at radius 3 is 2.44 bits per heavy atom.